The molecule has 0 spiro atoms. The number of nitrogens with one attached hydrogen (secondary N) is 1. The van der Waals surface area contributed by atoms with E-state index in [1.54, 1.807) is 12.1 Å². The molecule has 1 aliphatic rings. The molecule has 1 atom stereocenters. The number of aromatic nitrogens is 3. The molecule has 4 rings (SSSR count). The Kier molecular flexibility index (Phi) is 4.65. The molecule has 0 bridgehead atoms. The number of rotatable bonds is 5. The normalized spacial score (nSPS) is 13.6. The summed E-state index contributed by atoms with van der Waals surface area (Å²) in [5.74, 6) is -0.756. The van der Waals surface area contributed by atoms with Crippen molar-refractivity contribution >= 4 is 22.4 Å². The molecule has 1 unspecified atom stereocenters. The van der Waals surface area contributed by atoms with Gasteiger partial charge >= 0.3 is 0 Å². The van der Waals surface area contributed by atoms with Crippen LogP contribution in [-0.2, 0) is 24.7 Å². The largest absolute Gasteiger partial charge is 0.478 e. The summed E-state index contributed by atoms with van der Waals surface area (Å²) in [6.45, 7) is 1.82. The molecule has 140 valence electrons. The standard InChI is InChI=1S/C19H19FN4O2S/c1-3-14(26-15-7-5-4-6-12(15)20)18(25)23-19-22-17-11-10-21-24(2)13(11)8-9-16(17)27-19/h4-7,10,14H,3,8-9H2,1-2H3,(H,22,23,25). The predicted octanol–water partition coefficient (Wildman–Crippen LogP) is 3.58. The van der Waals surface area contributed by atoms with Crippen molar-refractivity contribution in [3.63, 3.8) is 0 Å². The van der Waals surface area contributed by atoms with Crippen molar-refractivity contribution in [2.75, 3.05) is 5.32 Å². The summed E-state index contributed by atoms with van der Waals surface area (Å²) >= 11 is 1.46. The van der Waals surface area contributed by atoms with Crippen LogP contribution in [0.1, 0.15) is 23.9 Å². The van der Waals surface area contributed by atoms with Gasteiger partial charge in [-0.1, -0.05) is 19.1 Å². The third-order valence-corrected chi connectivity index (χ3v) is 5.63. The minimum atomic E-state index is -0.795. The number of anilines is 1. The molecule has 0 aliphatic heterocycles. The number of hydrogen-bond donors (Lipinski definition) is 1. The average Bonchev–Trinajstić information content (AvgIpc) is 3.24. The number of fused-ring (bicyclic) bond motifs is 3. The van der Waals surface area contributed by atoms with Crippen LogP contribution in [0.15, 0.2) is 30.5 Å². The van der Waals surface area contributed by atoms with Gasteiger partial charge < -0.3 is 4.74 Å². The SMILES string of the molecule is CCC(Oc1ccccc1F)C(=O)Nc1nc2c(s1)CCc1c-2cnn1C. The monoisotopic (exact) mass is 386 g/mol. The number of carbonyl (C=O) groups is 1. The Hall–Kier alpha value is -2.74. The van der Waals surface area contributed by atoms with E-state index in [4.69, 9.17) is 4.74 Å². The van der Waals surface area contributed by atoms with Crippen molar-refractivity contribution in [1.29, 1.82) is 0 Å². The van der Waals surface area contributed by atoms with Crippen molar-refractivity contribution in [2.45, 2.75) is 32.3 Å². The van der Waals surface area contributed by atoms with Gasteiger partial charge in [-0.25, -0.2) is 9.37 Å². The van der Waals surface area contributed by atoms with Crippen molar-refractivity contribution in [3.05, 3.63) is 46.9 Å². The van der Waals surface area contributed by atoms with Gasteiger partial charge in [0.25, 0.3) is 5.91 Å². The van der Waals surface area contributed by atoms with Gasteiger partial charge in [-0.3, -0.25) is 14.8 Å². The number of ether oxygens (including phenoxy) is 1. The van der Waals surface area contributed by atoms with Crippen molar-refractivity contribution < 1.29 is 13.9 Å². The summed E-state index contributed by atoms with van der Waals surface area (Å²) in [7, 11) is 1.92. The van der Waals surface area contributed by atoms with Gasteiger partial charge in [-0.15, -0.1) is 11.3 Å². The highest BCUT2D eigenvalue weighted by Gasteiger charge is 2.26. The van der Waals surface area contributed by atoms with E-state index in [0.717, 1.165) is 34.7 Å². The molecule has 2 aromatic heterocycles. The van der Waals surface area contributed by atoms with Crippen molar-refractivity contribution in [2.24, 2.45) is 7.05 Å². The molecular weight excluding hydrogens is 367 g/mol. The van der Waals surface area contributed by atoms with E-state index in [2.05, 4.69) is 15.4 Å². The van der Waals surface area contributed by atoms with Crippen LogP contribution >= 0.6 is 11.3 Å². The number of halogens is 1. The summed E-state index contributed by atoms with van der Waals surface area (Å²) in [5.41, 5.74) is 3.05. The fraction of sp³-hybridized carbons (Fsp3) is 0.316. The third-order valence-electron chi connectivity index (χ3n) is 4.60. The van der Waals surface area contributed by atoms with E-state index in [0.29, 0.717) is 11.6 Å². The highest BCUT2D eigenvalue weighted by atomic mass is 32.1. The lowest BCUT2D eigenvalue weighted by Gasteiger charge is -2.16. The Balaban J connectivity index is 1.52. The molecule has 0 fully saturated rings. The molecule has 0 saturated heterocycles. The van der Waals surface area contributed by atoms with Crippen LogP contribution in [0.3, 0.4) is 0 Å². The summed E-state index contributed by atoms with van der Waals surface area (Å²) < 4.78 is 21.2. The fourth-order valence-corrected chi connectivity index (χ4v) is 4.15. The summed E-state index contributed by atoms with van der Waals surface area (Å²) in [6, 6.07) is 6.07. The zero-order chi connectivity index (χ0) is 19.0. The van der Waals surface area contributed by atoms with E-state index in [1.165, 1.54) is 23.5 Å². The van der Waals surface area contributed by atoms with Gasteiger partial charge in [0.1, 0.15) is 0 Å². The maximum absolute atomic E-state index is 13.8. The third kappa shape index (κ3) is 3.32. The number of thiazole rings is 1. The Morgan fingerprint density at radius 2 is 2.22 bits per heavy atom. The van der Waals surface area contributed by atoms with E-state index in [1.807, 2.05) is 24.9 Å². The molecule has 1 N–H and O–H groups in total. The van der Waals surface area contributed by atoms with Crippen LogP contribution in [-0.4, -0.2) is 26.8 Å². The van der Waals surface area contributed by atoms with E-state index < -0.39 is 11.9 Å². The van der Waals surface area contributed by atoms with Gasteiger partial charge in [-0.2, -0.15) is 5.10 Å². The lowest BCUT2D eigenvalue weighted by Crippen LogP contribution is -2.32. The second-order valence-corrected chi connectivity index (χ2v) is 7.44. The highest BCUT2D eigenvalue weighted by molar-refractivity contribution is 7.16. The van der Waals surface area contributed by atoms with Crippen LogP contribution in [0.2, 0.25) is 0 Å². The number of aryl methyl sites for hydroxylation is 2. The lowest BCUT2D eigenvalue weighted by molar-refractivity contribution is -0.122. The molecule has 2 heterocycles. The molecule has 0 saturated carbocycles. The van der Waals surface area contributed by atoms with Crippen molar-refractivity contribution in [3.8, 4) is 17.0 Å². The second-order valence-electron chi connectivity index (χ2n) is 6.35. The van der Waals surface area contributed by atoms with Gasteiger partial charge in [0, 0.05) is 23.2 Å². The summed E-state index contributed by atoms with van der Waals surface area (Å²) in [5, 5.41) is 7.65. The number of carbonyl (C=O) groups excluding carboxylic acids is 1. The molecule has 6 nitrogen and oxygen atoms in total. The molecular formula is C19H19FN4O2S. The predicted molar refractivity (Wildman–Crippen MR) is 101 cm³/mol. The van der Waals surface area contributed by atoms with Gasteiger partial charge in [0.2, 0.25) is 0 Å². The number of nitrogens with zero attached hydrogens (tertiary/aromatic N) is 3. The maximum Gasteiger partial charge on any atom is 0.267 e. The fourth-order valence-electron chi connectivity index (χ4n) is 3.18. The first-order chi connectivity index (χ1) is 13.1. The topological polar surface area (TPSA) is 69.0 Å². The number of amides is 1. The Morgan fingerprint density at radius 1 is 1.41 bits per heavy atom. The first-order valence-electron chi connectivity index (χ1n) is 8.79. The van der Waals surface area contributed by atoms with Crippen LogP contribution in [0.5, 0.6) is 5.75 Å². The van der Waals surface area contributed by atoms with Crippen LogP contribution in [0.25, 0.3) is 11.3 Å². The highest BCUT2D eigenvalue weighted by Crippen LogP contribution is 2.37. The molecule has 0 radical (unpaired) electrons. The van der Waals surface area contributed by atoms with Crippen LogP contribution in [0.4, 0.5) is 9.52 Å². The molecule has 3 aromatic rings. The molecule has 1 aromatic carbocycles. The number of benzene rings is 1. The minimum absolute atomic E-state index is 0.0675. The van der Waals surface area contributed by atoms with E-state index in [9.17, 15) is 9.18 Å². The Morgan fingerprint density at radius 3 is 3.00 bits per heavy atom. The minimum Gasteiger partial charge on any atom is -0.478 e. The smallest absolute Gasteiger partial charge is 0.267 e. The molecule has 1 aliphatic carbocycles. The molecule has 8 heteroatoms. The second kappa shape index (κ2) is 7.11. The average molecular weight is 386 g/mol. The van der Waals surface area contributed by atoms with Crippen molar-refractivity contribution in [1.82, 2.24) is 14.8 Å². The Labute approximate surface area is 160 Å². The van der Waals surface area contributed by atoms with E-state index >= 15 is 0 Å². The van der Waals surface area contributed by atoms with E-state index in [-0.39, 0.29) is 11.7 Å². The molecule has 1 amide bonds. The summed E-state index contributed by atoms with van der Waals surface area (Å²) in [6.07, 6.45) is 3.21. The first kappa shape index (κ1) is 17.7. The lowest BCUT2D eigenvalue weighted by atomic mass is 10.0. The number of hydrogen-bond acceptors (Lipinski definition) is 5. The zero-order valence-corrected chi connectivity index (χ0v) is 15.8. The quantitative estimate of drug-likeness (QED) is 0.728. The molecule has 27 heavy (non-hydrogen) atoms. The zero-order valence-electron chi connectivity index (χ0n) is 15.0. The maximum atomic E-state index is 13.8. The Bertz CT molecular complexity index is 998. The first-order valence-corrected chi connectivity index (χ1v) is 9.61. The van der Waals surface area contributed by atoms with Gasteiger partial charge in [0.15, 0.2) is 22.8 Å². The van der Waals surface area contributed by atoms with Gasteiger partial charge in [-0.05, 0) is 31.4 Å². The van der Waals surface area contributed by atoms with Crippen LogP contribution in [0, 0.1) is 5.82 Å². The number of para-hydroxylation sites is 1. The summed E-state index contributed by atoms with van der Waals surface area (Å²) in [4.78, 5) is 18.3. The van der Waals surface area contributed by atoms with Gasteiger partial charge in [0.05, 0.1) is 11.9 Å². The van der Waals surface area contributed by atoms with Crippen LogP contribution < -0.4 is 10.1 Å².